The summed E-state index contributed by atoms with van der Waals surface area (Å²) in [4.78, 5) is 40.7. The molecule has 0 aromatic rings. The van der Waals surface area contributed by atoms with E-state index in [-0.39, 0.29) is 48.2 Å². The van der Waals surface area contributed by atoms with Crippen molar-refractivity contribution < 1.29 is 14.4 Å². The zero-order chi connectivity index (χ0) is 17.3. The molecule has 0 aromatic heterocycles. The molecule has 1 saturated heterocycles. The number of carbonyl (C=O) groups excluding carboxylic acids is 3. The van der Waals surface area contributed by atoms with E-state index in [0.717, 1.165) is 25.7 Å². The number of carbonyl (C=O) groups is 3. The predicted octanol–water partition coefficient (Wildman–Crippen LogP) is 1.97. The first-order valence-corrected chi connectivity index (χ1v) is 9.14. The molecule has 6 nitrogen and oxygen atoms in total. The summed E-state index contributed by atoms with van der Waals surface area (Å²) < 4.78 is 0. The summed E-state index contributed by atoms with van der Waals surface area (Å²) in [6.45, 7) is 5.41. The number of nitrogens with zero attached hydrogens (tertiary/aromatic N) is 2. The molecule has 6 heteroatoms. The molecule has 3 aliphatic carbocycles. The fourth-order valence-electron chi connectivity index (χ4n) is 4.40. The van der Waals surface area contributed by atoms with E-state index in [0.29, 0.717) is 13.1 Å². The van der Waals surface area contributed by atoms with Crippen LogP contribution in [0, 0.1) is 23.7 Å². The number of likely N-dealkylation sites (tertiary alicyclic amines) is 1. The van der Waals surface area contributed by atoms with Gasteiger partial charge in [-0.15, -0.1) is 0 Å². The highest BCUT2D eigenvalue weighted by molar-refractivity contribution is 6.06. The van der Waals surface area contributed by atoms with E-state index in [9.17, 15) is 14.4 Å². The minimum atomic E-state index is -0.208. The zero-order valence-electron chi connectivity index (χ0n) is 14.5. The van der Waals surface area contributed by atoms with Crippen molar-refractivity contribution in [2.24, 2.45) is 23.7 Å². The standard InChI is InChI=1S/C18H27N3O3/c1-3-9-20(10-4-2)18(24)19-11-21-16(22)14-12-5-6-13(8-7-12)15(14)17(21)23/h5-6,12-15H,3-4,7-11H2,1-2H3,(H,19,24)/t12-,13-,14-,15-/m0/s1. The molecule has 1 saturated carbocycles. The maximum Gasteiger partial charge on any atom is 0.318 e. The van der Waals surface area contributed by atoms with Crippen molar-refractivity contribution in [3.63, 3.8) is 0 Å². The lowest BCUT2D eigenvalue weighted by Gasteiger charge is -2.38. The molecule has 0 radical (unpaired) electrons. The number of hydrogen-bond acceptors (Lipinski definition) is 3. The Morgan fingerprint density at radius 1 is 1.08 bits per heavy atom. The highest BCUT2D eigenvalue weighted by Crippen LogP contribution is 2.49. The van der Waals surface area contributed by atoms with Crippen LogP contribution in [0.2, 0.25) is 0 Å². The molecule has 24 heavy (non-hydrogen) atoms. The van der Waals surface area contributed by atoms with Crippen molar-refractivity contribution in [1.29, 1.82) is 0 Å². The molecular weight excluding hydrogens is 306 g/mol. The molecule has 2 fully saturated rings. The Labute approximate surface area is 143 Å². The van der Waals surface area contributed by atoms with E-state index < -0.39 is 0 Å². The van der Waals surface area contributed by atoms with Crippen LogP contribution in [0.25, 0.3) is 0 Å². The maximum atomic E-state index is 12.7. The van der Waals surface area contributed by atoms with Crippen LogP contribution in [0.3, 0.4) is 0 Å². The Hall–Kier alpha value is -1.85. The van der Waals surface area contributed by atoms with Crippen LogP contribution in [0.15, 0.2) is 12.2 Å². The number of amides is 4. The lowest BCUT2D eigenvalue weighted by Crippen LogP contribution is -2.47. The number of allylic oxidation sites excluding steroid dienone is 2. The highest BCUT2D eigenvalue weighted by Gasteiger charge is 2.56. The molecule has 0 unspecified atom stereocenters. The van der Waals surface area contributed by atoms with Crippen molar-refractivity contribution in [1.82, 2.24) is 15.1 Å². The van der Waals surface area contributed by atoms with Crippen molar-refractivity contribution in [3.8, 4) is 0 Å². The monoisotopic (exact) mass is 333 g/mol. The largest absolute Gasteiger partial charge is 0.325 e. The maximum absolute atomic E-state index is 12.7. The molecule has 4 atom stereocenters. The van der Waals surface area contributed by atoms with E-state index >= 15 is 0 Å². The average molecular weight is 333 g/mol. The fourth-order valence-corrected chi connectivity index (χ4v) is 4.40. The predicted molar refractivity (Wildman–Crippen MR) is 89.7 cm³/mol. The SMILES string of the molecule is CCCN(CCC)C(=O)NCN1C(=O)[C@@H]2[C@@H](C1=O)[C@H]1C=C[C@H]2CC1. The third-order valence-electron chi connectivity index (χ3n) is 5.51. The van der Waals surface area contributed by atoms with Crippen LogP contribution >= 0.6 is 0 Å². The zero-order valence-corrected chi connectivity index (χ0v) is 14.5. The van der Waals surface area contributed by atoms with Crippen LogP contribution in [0.1, 0.15) is 39.5 Å². The third-order valence-corrected chi connectivity index (χ3v) is 5.51. The van der Waals surface area contributed by atoms with Crippen molar-refractivity contribution >= 4 is 17.8 Å². The van der Waals surface area contributed by atoms with Crippen molar-refractivity contribution in [3.05, 3.63) is 12.2 Å². The summed E-state index contributed by atoms with van der Waals surface area (Å²) in [5.41, 5.74) is 0. The van der Waals surface area contributed by atoms with Crippen LogP contribution in [-0.2, 0) is 9.59 Å². The normalized spacial score (nSPS) is 30.7. The second kappa shape index (κ2) is 6.95. The number of urea groups is 1. The Balaban J connectivity index is 1.63. The van der Waals surface area contributed by atoms with Gasteiger partial charge in [-0.05, 0) is 37.5 Å². The number of fused-ring (bicyclic) bond motifs is 1. The van der Waals surface area contributed by atoms with Gasteiger partial charge in [0.05, 0.1) is 11.8 Å². The molecule has 0 aromatic carbocycles. The number of imide groups is 1. The molecule has 132 valence electrons. The van der Waals surface area contributed by atoms with E-state index in [4.69, 9.17) is 0 Å². The Bertz CT molecular complexity index is 522. The van der Waals surface area contributed by atoms with E-state index in [2.05, 4.69) is 17.5 Å². The summed E-state index contributed by atoms with van der Waals surface area (Å²) in [5.74, 6) is -0.257. The van der Waals surface area contributed by atoms with Crippen molar-refractivity contribution in [2.75, 3.05) is 19.8 Å². The summed E-state index contributed by atoms with van der Waals surface area (Å²) >= 11 is 0. The summed E-state index contributed by atoms with van der Waals surface area (Å²) in [6.07, 6.45) is 7.95. The molecule has 4 aliphatic rings. The third kappa shape index (κ3) is 2.82. The Morgan fingerprint density at radius 3 is 2.00 bits per heavy atom. The smallest absolute Gasteiger partial charge is 0.318 e. The number of nitrogens with one attached hydrogen (secondary N) is 1. The molecule has 0 spiro atoms. The van der Waals surface area contributed by atoms with Gasteiger partial charge in [0.1, 0.15) is 6.67 Å². The van der Waals surface area contributed by atoms with Gasteiger partial charge in [-0.1, -0.05) is 26.0 Å². The summed E-state index contributed by atoms with van der Waals surface area (Å²) in [7, 11) is 0. The van der Waals surface area contributed by atoms with Crippen LogP contribution in [0.5, 0.6) is 0 Å². The van der Waals surface area contributed by atoms with Crippen LogP contribution in [0.4, 0.5) is 4.79 Å². The number of hydrogen-bond donors (Lipinski definition) is 1. The minimum absolute atomic E-state index is 0.00707. The number of rotatable bonds is 6. The molecule has 1 heterocycles. The lowest BCUT2D eigenvalue weighted by atomic mass is 9.63. The van der Waals surface area contributed by atoms with Crippen LogP contribution < -0.4 is 5.32 Å². The van der Waals surface area contributed by atoms with Crippen LogP contribution in [-0.4, -0.2) is 47.4 Å². The average Bonchev–Trinajstić information content (AvgIpc) is 2.87. The minimum Gasteiger partial charge on any atom is -0.325 e. The first kappa shape index (κ1) is 17.0. The van der Waals surface area contributed by atoms with Gasteiger partial charge in [0.2, 0.25) is 11.8 Å². The summed E-state index contributed by atoms with van der Waals surface area (Å²) in [6, 6.07) is -0.199. The lowest BCUT2D eigenvalue weighted by molar-refractivity contribution is -0.140. The molecule has 4 amide bonds. The van der Waals surface area contributed by atoms with Gasteiger partial charge in [0, 0.05) is 13.1 Å². The first-order chi connectivity index (χ1) is 11.6. The fraction of sp³-hybridized carbons (Fsp3) is 0.722. The molecule has 4 rings (SSSR count). The van der Waals surface area contributed by atoms with Crippen molar-refractivity contribution in [2.45, 2.75) is 39.5 Å². The molecule has 1 N–H and O–H groups in total. The highest BCUT2D eigenvalue weighted by atomic mass is 16.2. The van der Waals surface area contributed by atoms with Gasteiger partial charge in [0.15, 0.2) is 0 Å². The first-order valence-electron chi connectivity index (χ1n) is 9.14. The quantitative estimate of drug-likeness (QED) is 0.597. The Morgan fingerprint density at radius 2 is 1.58 bits per heavy atom. The van der Waals surface area contributed by atoms with Gasteiger partial charge >= 0.3 is 6.03 Å². The van der Waals surface area contributed by atoms with Gasteiger partial charge < -0.3 is 10.2 Å². The van der Waals surface area contributed by atoms with E-state index in [1.54, 1.807) is 4.90 Å². The van der Waals surface area contributed by atoms with Gasteiger partial charge in [0.25, 0.3) is 0 Å². The topological polar surface area (TPSA) is 69.7 Å². The van der Waals surface area contributed by atoms with E-state index in [1.807, 2.05) is 13.8 Å². The molecule has 1 aliphatic heterocycles. The second-order valence-corrected chi connectivity index (χ2v) is 7.07. The second-order valence-electron chi connectivity index (χ2n) is 7.07. The molecule has 2 bridgehead atoms. The summed E-state index contributed by atoms with van der Waals surface area (Å²) in [5, 5.41) is 2.77. The van der Waals surface area contributed by atoms with Gasteiger partial charge in [-0.3, -0.25) is 14.5 Å². The van der Waals surface area contributed by atoms with E-state index in [1.165, 1.54) is 4.90 Å². The Kier molecular flexibility index (Phi) is 4.92. The molecular formula is C18H27N3O3. The van der Waals surface area contributed by atoms with Gasteiger partial charge in [-0.25, -0.2) is 4.79 Å². The van der Waals surface area contributed by atoms with Gasteiger partial charge in [-0.2, -0.15) is 0 Å².